The molecule has 0 spiro atoms. The molecule has 19 heavy (non-hydrogen) atoms. The SMILES string of the molecule is COCCn1cnnc1-c1ccc2c(c1)OCCO2. The van der Waals surface area contributed by atoms with Gasteiger partial charge in [0.1, 0.15) is 19.5 Å². The fourth-order valence-corrected chi connectivity index (χ4v) is 2.01. The van der Waals surface area contributed by atoms with Crippen molar-refractivity contribution in [1.29, 1.82) is 0 Å². The molecule has 1 aliphatic heterocycles. The number of hydrogen-bond acceptors (Lipinski definition) is 5. The lowest BCUT2D eigenvalue weighted by Crippen LogP contribution is -2.15. The minimum absolute atomic E-state index is 0.576. The first-order valence-electron chi connectivity index (χ1n) is 6.15. The smallest absolute Gasteiger partial charge is 0.163 e. The highest BCUT2D eigenvalue weighted by atomic mass is 16.6. The van der Waals surface area contributed by atoms with Crippen LogP contribution in [0.4, 0.5) is 0 Å². The van der Waals surface area contributed by atoms with Crippen LogP contribution >= 0.6 is 0 Å². The van der Waals surface area contributed by atoms with Gasteiger partial charge in [-0.1, -0.05) is 0 Å². The molecule has 1 aromatic carbocycles. The van der Waals surface area contributed by atoms with E-state index in [2.05, 4.69) is 10.2 Å². The molecule has 6 nitrogen and oxygen atoms in total. The molecule has 0 bridgehead atoms. The Labute approximate surface area is 110 Å². The second kappa shape index (κ2) is 5.27. The van der Waals surface area contributed by atoms with Gasteiger partial charge in [0.05, 0.1) is 6.61 Å². The fourth-order valence-electron chi connectivity index (χ4n) is 2.01. The molecular weight excluding hydrogens is 246 g/mol. The van der Waals surface area contributed by atoms with Gasteiger partial charge in [-0.25, -0.2) is 0 Å². The van der Waals surface area contributed by atoms with E-state index in [9.17, 15) is 0 Å². The zero-order chi connectivity index (χ0) is 13.1. The Morgan fingerprint density at radius 2 is 2.11 bits per heavy atom. The maximum atomic E-state index is 5.58. The number of aromatic nitrogens is 3. The average molecular weight is 261 g/mol. The van der Waals surface area contributed by atoms with E-state index in [0.29, 0.717) is 26.4 Å². The number of fused-ring (bicyclic) bond motifs is 1. The van der Waals surface area contributed by atoms with Crippen LogP contribution in [0.2, 0.25) is 0 Å². The highest BCUT2D eigenvalue weighted by Crippen LogP contribution is 2.33. The summed E-state index contributed by atoms with van der Waals surface area (Å²) in [6, 6.07) is 5.79. The summed E-state index contributed by atoms with van der Waals surface area (Å²) in [5.74, 6) is 2.33. The van der Waals surface area contributed by atoms with Crippen LogP contribution in [0.5, 0.6) is 11.5 Å². The highest BCUT2D eigenvalue weighted by Gasteiger charge is 2.14. The van der Waals surface area contributed by atoms with Crippen molar-refractivity contribution in [2.24, 2.45) is 0 Å². The molecule has 2 heterocycles. The molecule has 0 unspecified atom stereocenters. The number of benzene rings is 1. The third-order valence-electron chi connectivity index (χ3n) is 2.95. The average Bonchev–Trinajstić information content (AvgIpc) is 2.93. The molecule has 1 aliphatic rings. The largest absolute Gasteiger partial charge is 0.486 e. The summed E-state index contributed by atoms with van der Waals surface area (Å²) < 4.78 is 18.1. The van der Waals surface area contributed by atoms with Crippen molar-refractivity contribution < 1.29 is 14.2 Å². The number of hydrogen-bond donors (Lipinski definition) is 0. The molecule has 0 fully saturated rings. The van der Waals surface area contributed by atoms with Gasteiger partial charge in [0, 0.05) is 19.2 Å². The quantitative estimate of drug-likeness (QED) is 0.831. The van der Waals surface area contributed by atoms with E-state index in [-0.39, 0.29) is 0 Å². The molecule has 0 N–H and O–H groups in total. The van der Waals surface area contributed by atoms with Crippen molar-refractivity contribution in [1.82, 2.24) is 14.8 Å². The van der Waals surface area contributed by atoms with Crippen molar-refractivity contribution in [2.75, 3.05) is 26.9 Å². The lowest BCUT2D eigenvalue weighted by atomic mass is 10.2. The molecule has 0 saturated carbocycles. The van der Waals surface area contributed by atoms with Gasteiger partial charge in [0.15, 0.2) is 17.3 Å². The van der Waals surface area contributed by atoms with Crippen LogP contribution in [0, 0.1) is 0 Å². The normalized spacial score (nSPS) is 13.5. The molecule has 0 atom stereocenters. The van der Waals surface area contributed by atoms with E-state index in [1.165, 1.54) is 0 Å². The summed E-state index contributed by atoms with van der Waals surface area (Å²) >= 11 is 0. The van der Waals surface area contributed by atoms with Crippen LogP contribution in [0.15, 0.2) is 24.5 Å². The first-order chi connectivity index (χ1) is 9.38. The van der Waals surface area contributed by atoms with Gasteiger partial charge < -0.3 is 18.8 Å². The molecule has 6 heteroatoms. The lowest BCUT2D eigenvalue weighted by molar-refractivity contribution is 0.171. The van der Waals surface area contributed by atoms with E-state index in [1.54, 1.807) is 13.4 Å². The minimum Gasteiger partial charge on any atom is -0.486 e. The van der Waals surface area contributed by atoms with Crippen molar-refractivity contribution in [3.63, 3.8) is 0 Å². The van der Waals surface area contributed by atoms with Crippen molar-refractivity contribution >= 4 is 0 Å². The Balaban J connectivity index is 1.91. The van der Waals surface area contributed by atoms with Crippen molar-refractivity contribution in [3.8, 4) is 22.9 Å². The zero-order valence-corrected chi connectivity index (χ0v) is 10.7. The maximum Gasteiger partial charge on any atom is 0.163 e. The molecule has 0 saturated heterocycles. The third kappa shape index (κ3) is 2.39. The molecule has 0 radical (unpaired) electrons. The fraction of sp³-hybridized carbons (Fsp3) is 0.385. The van der Waals surface area contributed by atoms with Gasteiger partial charge >= 0.3 is 0 Å². The summed E-state index contributed by atoms with van der Waals surface area (Å²) in [5.41, 5.74) is 0.956. The van der Waals surface area contributed by atoms with Gasteiger partial charge in [-0.2, -0.15) is 0 Å². The number of ether oxygens (including phenoxy) is 3. The van der Waals surface area contributed by atoms with E-state index >= 15 is 0 Å². The first-order valence-corrected chi connectivity index (χ1v) is 6.15. The monoisotopic (exact) mass is 261 g/mol. The molecular formula is C13H15N3O3. The molecule has 0 amide bonds. The number of nitrogens with zero attached hydrogens (tertiary/aromatic N) is 3. The molecule has 2 aromatic rings. The predicted molar refractivity (Wildman–Crippen MR) is 68.3 cm³/mol. The van der Waals surface area contributed by atoms with Gasteiger partial charge in [-0.15, -0.1) is 10.2 Å². The van der Waals surface area contributed by atoms with Gasteiger partial charge in [0.2, 0.25) is 0 Å². The van der Waals surface area contributed by atoms with E-state index in [1.807, 2.05) is 22.8 Å². The van der Waals surface area contributed by atoms with Gasteiger partial charge in [0.25, 0.3) is 0 Å². The molecule has 100 valence electrons. The predicted octanol–water partition coefficient (Wildman–Crippen LogP) is 1.36. The Morgan fingerprint density at radius 3 is 2.95 bits per heavy atom. The number of rotatable bonds is 4. The van der Waals surface area contributed by atoms with Crippen molar-refractivity contribution in [3.05, 3.63) is 24.5 Å². The Hall–Kier alpha value is -2.08. The second-order valence-corrected chi connectivity index (χ2v) is 4.20. The van der Waals surface area contributed by atoms with Crippen LogP contribution < -0.4 is 9.47 Å². The molecule has 3 rings (SSSR count). The summed E-state index contributed by atoms with van der Waals surface area (Å²) in [5, 5.41) is 8.10. The minimum atomic E-state index is 0.576. The van der Waals surface area contributed by atoms with E-state index in [0.717, 1.165) is 22.9 Å². The summed E-state index contributed by atoms with van der Waals surface area (Å²) in [6.45, 7) is 2.51. The summed E-state index contributed by atoms with van der Waals surface area (Å²) in [4.78, 5) is 0. The van der Waals surface area contributed by atoms with Crippen molar-refractivity contribution in [2.45, 2.75) is 6.54 Å². The lowest BCUT2D eigenvalue weighted by Gasteiger charge is -2.18. The van der Waals surface area contributed by atoms with Crippen LogP contribution in [0.3, 0.4) is 0 Å². The van der Waals surface area contributed by atoms with Gasteiger partial charge in [-0.3, -0.25) is 0 Å². The second-order valence-electron chi connectivity index (χ2n) is 4.20. The summed E-state index contributed by atoms with van der Waals surface area (Å²) in [7, 11) is 1.67. The molecule has 0 aliphatic carbocycles. The standard InChI is InChI=1S/C13H15N3O3/c1-17-5-4-16-9-14-15-13(16)10-2-3-11-12(8-10)19-7-6-18-11/h2-3,8-9H,4-7H2,1H3. The van der Waals surface area contributed by atoms with Crippen LogP contribution in [-0.2, 0) is 11.3 Å². The Bertz CT molecular complexity index is 568. The topological polar surface area (TPSA) is 58.4 Å². The Morgan fingerprint density at radius 1 is 1.26 bits per heavy atom. The highest BCUT2D eigenvalue weighted by molar-refractivity contribution is 5.61. The van der Waals surface area contributed by atoms with E-state index < -0.39 is 0 Å². The third-order valence-corrected chi connectivity index (χ3v) is 2.95. The maximum absolute atomic E-state index is 5.58. The summed E-state index contributed by atoms with van der Waals surface area (Å²) in [6.07, 6.45) is 1.70. The van der Waals surface area contributed by atoms with Crippen LogP contribution in [0.1, 0.15) is 0 Å². The van der Waals surface area contributed by atoms with Gasteiger partial charge in [-0.05, 0) is 18.2 Å². The van der Waals surface area contributed by atoms with Crippen LogP contribution in [0.25, 0.3) is 11.4 Å². The van der Waals surface area contributed by atoms with Crippen LogP contribution in [-0.4, -0.2) is 41.7 Å². The first kappa shape index (κ1) is 12.0. The van der Waals surface area contributed by atoms with E-state index in [4.69, 9.17) is 14.2 Å². The Kier molecular flexibility index (Phi) is 3.33. The number of methoxy groups -OCH3 is 1. The molecule has 1 aromatic heterocycles. The zero-order valence-electron chi connectivity index (χ0n) is 10.7.